The molecule has 0 aromatic heterocycles. The Kier molecular flexibility index (Phi) is 4.17. The molecule has 0 amide bonds. The Bertz CT molecular complexity index is 190. The van der Waals surface area contributed by atoms with Crippen LogP contribution in [0.4, 0.5) is 0 Å². The van der Waals surface area contributed by atoms with Gasteiger partial charge in [-0.2, -0.15) is 0 Å². The van der Waals surface area contributed by atoms with Crippen LogP contribution >= 0.6 is 0 Å². The molecule has 0 radical (unpaired) electrons. The molecule has 0 spiro atoms. The van der Waals surface area contributed by atoms with E-state index in [9.17, 15) is 4.79 Å². The Morgan fingerprint density at radius 1 is 1.21 bits per heavy atom. The van der Waals surface area contributed by atoms with Crippen molar-refractivity contribution in [3.05, 3.63) is 0 Å². The first-order valence-electron chi connectivity index (χ1n) is 5.67. The Morgan fingerprint density at radius 3 is 2.29 bits per heavy atom. The second kappa shape index (κ2) is 4.96. The van der Waals surface area contributed by atoms with E-state index in [1.165, 1.54) is 31.4 Å². The molecule has 14 heavy (non-hydrogen) atoms. The van der Waals surface area contributed by atoms with Crippen LogP contribution in [0.25, 0.3) is 0 Å². The smallest absolute Gasteiger partial charge is 0.292 e. The lowest BCUT2D eigenvalue weighted by Crippen LogP contribution is -2.26. The summed E-state index contributed by atoms with van der Waals surface area (Å²) in [6.45, 7) is 6.24. The van der Waals surface area contributed by atoms with Gasteiger partial charge >= 0.3 is 0 Å². The summed E-state index contributed by atoms with van der Waals surface area (Å²) in [7, 11) is -1.12. The number of hydrogen-bond acceptors (Lipinski definition) is 2. The van der Waals surface area contributed by atoms with Crippen LogP contribution in [0.2, 0.25) is 12.1 Å². The number of rotatable bonds is 2. The molecule has 0 aromatic carbocycles. The Morgan fingerprint density at radius 2 is 1.79 bits per heavy atom. The van der Waals surface area contributed by atoms with Crippen LogP contribution in [0.3, 0.4) is 0 Å². The fourth-order valence-electron chi connectivity index (χ4n) is 1.84. The standard InChI is InChI=1S/C11H22O2Si/c1-11(2,3)9-10(12)13-14-7-5-4-6-8-14/h14H,4-9H2,1-3H3. The second-order valence-electron chi connectivity index (χ2n) is 5.49. The van der Waals surface area contributed by atoms with Gasteiger partial charge in [0.25, 0.3) is 5.97 Å². The Balaban J connectivity index is 2.25. The molecule has 1 heterocycles. The third-order valence-electron chi connectivity index (χ3n) is 2.52. The van der Waals surface area contributed by atoms with E-state index in [0.29, 0.717) is 6.42 Å². The topological polar surface area (TPSA) is 26.3 Å². The summed E-state index contributed by atoms with van der Waals surface area (Å²) in [6, 6.07) is 2.41. The molecule has 0 saturated carbocycles. The largest absolute Gasteiger partial charge is 0.522 e. The third-order valence-corrected chi connectivity index (χ3v) is 5.23. The van der Waals surface area contributed by atoms with Gasteiger partial charge in [-0.05, 0) is 17.5 Å². The Labute approximate surface area is 88.8 Å². The van der Waals surface area contributed by atoms with Crippen LogP contribution < -0.4 is 0 Å². The van der Waals surface area contributed by atoms with E-state index in [1.807, 2.05) is 0 Å². The van der Waals surface area contributed by atoms with Crippen LogP contribution in [0.15, 0.2) is 0 Å². The zero-order chi connectivity index (χ0) is 10.6. The lowest BCUT2D eigenvalue weighted by Gasteiger charge is -2.23. The molecule has 3 heteroatoms. The van der Waals surface area contributed by atoms with Gasteiger partial charge in [0.05, 0.1) is 0 Å². The molecule has 1 aliphatic heterocycles. The maximum atomic E-state index is 11.5. The summed E-state index contributed by atoms with van der Waals surface area (Å²) in [5.74, 6) is 0.0380. The summed E-state index contributed by atoms with van der Waals surface area (Å²) in [5.41, 5.74) is 0.0696. The number of hydrogen-bond donors (Lipinski definition) is 0. The predicted molar refractivity (Wildman–Crippen MR) is 60.8 cm³/mol. The van der Waals surface area contributed by atoms with Gasteiger partial charge < -0.3 is 4.43 Å². The van der Waals surface area contributed by atoms with Crippen molar-refractivity contribution in [3.8, 4) is 0 Å². The highest BCUT2D eigenvalue weighted by Crippen LogP contribution is 2.23. The molecular formula is C11H22O2Si. The SMILES string of the molecule is CC(C)(C)CC(=O)O[SiH]1CCCCC1. The van der Waals surface area contributed by atoms with Gasteiger partial charge in [-0.3, -0.25) is 4.79 Å². The predicted octanol–water partition coefficient (Wildman–Crippen LogP) is 2.87. The molecule has 1 fully saturated rings. The van der Waals surface area contributed by atoms with Gasteiger partial charge in [-0.15, -0.1) is 0 Å². The van der Waals surface area contributed by atoms with E-state index in [4.69, 9.17) is 4.43 Å². The fraction of sp³-hybridized carbons (Fsp3) is 0.909. The highest BCUT2D eigenvalue weighted by Gasteiger charge is 2.23. The quantitative estimate of drug-likeness (QED) is 0.661. The summed E-state index contributed by atoms with van der Waals surface area (Å²) in [5, 5.41) is 0. The van der Waals surface area contributed by atoms with Gasteiger partial charge in [0.15, 0.2) is 0 Å². The Hall–Kier alpha value is -0.313. The molecule has 1 saturated heterocycles. The van der Waals surface area contributed by atoms with E-state index in [2.05, 4.69) is 20.8 Å². The van der Waals surface area contributed by atoms with E-state index < -0.39 is 9.04 Å². The molecule has 1 rings (SSSR count). The summed E-state index contributed by atoms with van der Waals surface area (Å²) >= 11 is 0. The molecule has 82 valence electrons. The molecule has 0 atom stereocenters. The van der Waals surface area contributed by atoms with Crippen molar-refractivity contribution >= 4 is 15.0 Å². The lowest BCUT2D eigenvalue weighted by molar-refractivity contribution is -0.136. The van der Waals surface area contributed by atoms with Gasteiger partial charge in [0.1, 0.15) is 0 Å². The van der Waals surface area contributed by atoms with Gasteiger partial charge in [-0.25, -0.2) is 0 Å². The molecule has 0 bridgehead atoms. The maximum absolute atomic E-state index is 11.5. The van der Waals surface area contributed by atoms with Crippen LogP contribution in [-0.2, 0) is 9.22 Å². The highest BCUT2D eigenvalue weighted by molar-refractivity contribution is 6.54. The molecular weight excluding hydrogens is 192 g/mol. The summed E-state index contributed by atoms with van der Waals surface area (Å²) in [4.78, 5) is 11.5. The van der Waals surface area contributed by atoms with Crippen molar-refractivity contribution in [1.82, 2.24) is 0 Å². The summed E-state index contributed by atoms with van der Waals surface area (Å²) in [6.07, 6.45) is 4.45. The normalized spacial score (nSPS) is 19.4. The first-order valence-corrected chi connectivity index (χ1v) is 7.77. The van der Waals surface area contributed by atoms with Crippen molar-refractivity contribution in [2.75, 3.05) is 0 Å². The highest BCUT2D eigenvalue weighted by atomic mass is 28.3. The van der Waals surface area contributed by atoms with Crippen molar-refractivity contribution < 1.29 is 9.22 Å². The lowest BCUT2D eigenvalue weighted by atomic mass is 9.93. The first kappa shape index (κ1) is 11.8. The minimum Gasteiger partial charge on any atom is -0.522 e. The van der Waals surface area contributed by atoms with Gasteiger partial charge in [-0.1, -0.05) is 40.0 Å². The fourth-order valence-corrected chi connectivity index (χ4v) is 4.31. The second-order valence-corrected chi connectivity index (χ2v) is 8.12. The van der Waals surface area contributed by atoms with Crippen LogP contribution in [0, 0.1) is 5.41 Å². The average Bonchev–Trinajstić information content (AvgIpc) is 2.02. The van der Waals surface area contributed by atoms with Crippen LogP contribution in [0.5, 0.6) is 0 Å². The summed E-state index contributed by atoms with van der Waals surface area (Å²) < 4.78 is 5.57. The van der Waals surface area contributed by atoms with E-state index in [0.717, 1.165) is 0 Å². The van der Waals surface area contributed by atoms with Crippen LogP contribution in [0.1, 0.15) is 46.5 Å². The average molecular weight is 214 g/mol. The zero-order valence-electron chi connectivity index (χ0n) is 9.64. The van der Waals surface area contributed by atoms with Gasteiger partial charge in [0, 0.05) is 6.42 Å². The minimum atomic E-state index is -1.12. The van der Waals surface area contributed by atoms with Crippen molar-refractivity contribution in [2.45, 2.75) is 58.5 Å². The van der Waals surface area contributed by atoms with E-state index >= 15 is 0 Å². The molecule has 1 aliphatic rings. The molecule has 0 unspecified atom stereocenters. The molecule has 0 aromatic rings. The van der Waals surface area contributed by atoms with E-state index in [-0.39, 0.29) is 11.4 Å². The number of carbonyl (C=O) groups excluding carboxylic acids is 1. The van der Waals surface area contributed by atoms with Crippen molar-refractivity contribution in [3.63, 3.8) is 0 Å². The van der Waals surface area contributed by atoms with Crippen molar-refractivity contribution in [2.24, 2.45) is 5.41 Å². The van der Waals surface area contributed by atoms with Gasteiger partial charge in [0.2, 0.25) is 9.04 Å². The first-order chi connectivity index (χ1) is 6.47. The molecule has 2 nitrogen and oxygen atoms in total. The minimum absolute atomic E-state index is 0.0380. The molecule has 0 aliphatic carbocycles. The molecule has 0 N–H and O–H groups in total. The number of carbonyl (C=O) groups is 1. The zero-order valence-corrected chi connectivity index (χ0v) is 10.8. The van der Waals surface area contributed by atoms with Crippen LogP contribution in [-0.4, -0.2) is 15.0 Å². The van der Waals surface area contributed by atoms with E-state index in [1.54, 1.807) is 0 Å². The van der Waals surface area contributed by atoms with Crippen molar-refractivity contribution in [1.29, 1.82) is 0 Å². The maximum Gasteiger partial charge on any atom is 0.292 e. The third kappa shape index (κ3) is 4.79. The monoisotopic (exact) mass is 214 g/mol.